The summed E-state index contributed by atoms with van der Waals surface area (Å²) >= 11 is 10.7. The van der Waals surface area contributed by atoms with Crippen LogP contribution in [0.5, 0.6) is 0 Å². The number of nitrogens with zero attached hydrogens (tertiary/aromatic N) is 1. The van der Waals surface area contributed by atoms with Crippen molar-refractivity contribution in [2.75, 3.05) is 4.90 Å². The topological polar surface area (TPSA) is 3.24 Å². The van der Waals surface area contributed by atoms with Crippen molar-refractivity contribution >= 4 is 40.5 Å². The maximum absolute atomic E-state index is 5.33. The number of hydrogen-bond acceptors (Lipinski definition) is 2. The van der Waals surface area contributed by atoms with Crippen LogP contribution in [0.25, 0.3) is 0 Å². The molecule has 0 N–H and O–H groups in total. The monoisotopic (exact) mass is 323 g/mol. The van der Waals surface area contributed by atoms with Crippen molar-refractivity contribution < 1.29 is 29.6 Å². The molecule has 0 bridgehead atoms. The van der Waals surface area contributed by atoms with E-state index in [4.69, 9.17) is 24.8 Å². The van der Waals surface area contributed by atoms with Gasteiger partial charge in [0.25, 0.3) is 0 Å². The Bertz CT molecular complexity index is 616. The number of thiocarbonyl (C=S) groups is 1. The fourth-order valence-corrected chi connectivity index (χ4v) is 2.68. The third kappa shape index (κ3) is 3.85. The molecule has 4 heteroatoms. The Morgan fingerprint density at radius 3 is 1.57 bits per heavy atom. The Kier molecular flexibility index (Phi) is 6.82. The van der Waals surface area contributed by atoms with Gasteiger partial charge in [0.2, 0.25) is 0 Å². The Labute approximate surface area is 160 Å². The first-order valence-electron chi connectivity index (χ1n) is 6.57. The molecule has 0 saturated carbocycles. The van der Waals surface area contributed by atoms with Crippen LogP contribution in [0.3, 0.4) is 0 Å². The van der Waals surface area contributed by atoms with Gasteiger partial charge in [-0.3, -0.25) is 0 Å². The largest absolute Gasteiger partial charge is 1.00 e. The van der Waals surface area contributed by atoms with Crippen molar-refractivity contribution in [3.05, 3.63) is 58.7 Å². The predicted molar refractivity (Wildman–Crippen MR) is 93.9 cm³/mol. The maximum atomic E-state index is 5.33. The molecular formula is C17H18NNaS2. The van der Waals surface area contributed by atoms with E-state index in [1.54, 1.807) is 0 Å². The minimum atomic E-state index is 0. The van der Waals surface area contributed by atoms with Gasteiger partial charge in [-0.1, -0.05) is 28.6 Å². The maximum Gasteiger partial charge on any atom is 1.00 e. The van der Waals surface area contributed by atoms with Gasteiger partial charge < -0.3 is 29.7 Å². The van der Waals surface area contributed by atoms with E-state index >= 15 is 0 Å². The molecule has 0 aliphatic heterocycles. The molecule has 2 aromatic rings. The molecule has 0 spiro atoms. The normalized spacial score (nSPS) is 9.90. The SMILES string of the molecule is Cc1cccc(N(C(=S)[S-])c2cccc(C)c2C)c1C.[Na+]. The van der Waals surface area contributed by atoms with Crippen LogP contribution in [0.2, 0.25) is 0 Å². The zero-order valence-electron chi connectivity index (χ0n) is 13.2. The Morgan fingerprint density at radius 1 is 0.857 bits per heavy atom. The van der Waals surface area contributed by atoms with E-state index < -0.39 is 0 Å². The van der Waals surface area contributed by atoms with Crippen molar-refractivity contribution in [3.8, 4) is 0 Å². The van der Waals surface area contributed by atoms with E-state index in [9.17, 15) is 0 Å². The van der Waals surface area contributed by atoms with Gasteiger partial charge in [-0.05, 0) is 62.1 Å². The summed E-state index contributed by atoms with van der Waals surface area (Å²) in [6.45, 7) is 8.42. The van der Waals surface area contributed by atoms with Gasteiger partial charge in [0.05, 0.1) is 0 Å². The standard InChI is InChI=1S/C17H19NS2.Na/c1-11-7-5-9-15(13(11)3)18(17(19)20)16-10-6-8-12(2)14(16)4;/h5-10H,1-4H3,(H,19,20);/q;+1/p-1. The first-order valence-corrected chi connectivity index (χ1v) is 7.38. The fourth-order valence-electron chi connectivity index (χ4n) is 2.28. The second-order valence-electron chi connectivity index (χ2n) is 5.04. The van der Waals surface area contributed by atoms with Gasteiger partial charge in [0.1, 0.15) is 0 Å². The number of rotatable bonds is 2. The third-order valence-electron chi connectivity index (χ3n) is 3.82. The first kappa shape index (κ1) is 18.6. The average Bonchev–Trinajstić information content (AvgIpc) is 2.39. The van der Waals surface area contributed by atoms with Crippen molar-refractivity contribution in [1.29, 1.82) is 0 Å². The van der Waals surface area contributed by atoms with E-state index in [0.717, 1.165) is 11.4 Å². The van der Waals surface area contributed by atoms with Gasteiger partial charge in [-0.25, -0.2) is 0 Å². The summed E-state index contributed by atoms with van der Waals surface area (Å²) in [5.74, 6) is 0. The summed E-state index contributed by atoms with van der Waals surface area (Å²) in [7, 11) is 0. The van der Waals surface area contributed by atoms with Crippen LogP contribution in [-0.4, -0.2) is 4.32 Å². The second kappa shape index (κ2) is 7.70. The average molecular weight is 323 g/mol. The van der Waals surface area contributed by atoms with E-state index in [-0.39, 0.29) is 29.6 Å². The molecular weight excluding hydrogens is 305 g/mol. The molecule has 2 rings (SSSR count). The van der Waals surface area contributed by atoms with E-state index in [2.05, 4.69) is 52.0 Å². The van der Waals surface area contributed by atoms with Crippen molar-refractivity contribution in [2.24, 2.45) is 0 Å². The number of benzene rings is 2. The molecule has 0 aliphatic carbocycles. The molecule has 2 aromatic carbocycles. The number of aryl methyl sites for hydroxylation is 2. The zero-order valence-corrected chi connectivity index (χ0v) is 16.9. The van der Waals surface area contributed by atoms with Crippen molar-refractivity contribution in [2.45, 2.75) is 27.7 Å². The Balaban J connectivity index is 0.00000220. The van der Waals surface area contributed by atoms with Gasteiger partial charge in [-0.2, -0.15) is 0 Å². The van der Waals surface area contributed by atoms with E-state index in [0.29, 0.717) is 4.32 Å². The van der Waals surface area contributed by atoms with Crippen LogP contribution in [0.15, 0.2) is 36.4 Å². The molecule has 0 unspecified atom stereocenters. The number of hydrogen-bond donors (Lipinski definition) is 0. The van der Waals surface area contributed by atoms with E-state index in [1.807, 2.05) is 17.0 Å². The molecule has 104 valence electrons. The summed E-state index contributed by atoms with van der Waals surface area (Å²) < 4.78 is 0.451. The summed E-state index contributed by atoms with van der Waals surface area (Å²) in [4.78, 5) is 2.00. The van der Waals surface area contributed by atoms with E-state index in [1.165, 1.54) is 22.3 Å². The van der Waals surface area contributed by atoms with Crippen LogP contribution in [-0.2, 0) is 12.6 Å². The van der Waals surface area contributed by atoms with Crippen LogP contribution >= 0.6 is 12.2 Å². The van der Waals surface area contributed by atoms with Gasteiger partial charge >= 0.3 is 29.6 Å². The predicted octanol–water partition coefficient (Wildman–Crippen LogP) is 1.89. The smallest absolute Gasteiger partial charge is 0.411 e. The van der Waals surface area contributed by atoms with Crippen molar-refractivity contribution in [1.82, 2.24) is 0 Å². The quantitative estimate of drug-likeness (QED) is 0.472. The minimum absolute atomic E-state index is 0. The van der Waals surface area contributed by atoms with Crippen LogP contribution in [0.4, 0.5) is 11.4 Å². The third-order valence-corrected chi connectivity index (χ3v) is 4.18. The summed E-state index contributed by atoms with van der Waals surface area (Å²) in [5.41, 5.74) is 7.03. The van der Waals surface area contributed by atoms with Gasteiger partial charge in [-0.15, -0.1) is 0 Å². The molecule has 0 aliphatic rings. The van der Waals surface area contributed by atoms with Crippen LogP contribution < -0.4 is 34.5 Å². The molecule has 0 amide bonds. The molecule has 0 radical (unpaired) electrons. The second-order valence-corrected chi connectivity index (χ2v) is 6.07. The molecule has 0 heterocycles. The molecule has 0 fully saturated rings. The summed E-state index contributed by atoms with van der Waals surface area (Å²) in [5, 5.41) is 0. The van der Waals surface area contributed by atoms with Crippen LogP contribution in [0, 0.1) is 27.7 Å². The Hall–Kier alpha value is -0.450. The molecule has 21 heavy (non-hydrogen) atoms. The van der Waals surface area contributed by atoms with Gasteiger partial charge in [0.15, 0.2) is 0 Å². The summed E-state index contributed by atoms with van der Waals surface area (Å²) in [6, 6.07) is 12.4. The van der Waals surface area contributed by atoms with Crippen molar-refractivity contribution in [3.63, 3.8) is 0 Å². The first-order chi connectivity index (χ1) is 9.43. The number of anilines is 2. The molecule has 0 atom stereocenters. The molecule has 0 aromatic heterocycles. The zero-order chi connectivity index (χ0) is 14.9. The minimum Gasteiger partial charge on any atom is -0.411 e. The molecule has 1 nitrogen and oxygen atoms in total. The fraction of sp³-hybridized carbons (Fsp3) is 0.235. The molecule has 0 saturated heterocycles. The Morgan fingerprint density at radius 2 is 1.24 bits per heavy atom. The van der Waals surface area contributed by atoms with Gasteiger partial charge in [0, 0.05) is 11.4 Å². The summed E-state index contributed by atoms with van der Waals surface area (Å²) in [6.07, 6.45) is 0. The van der Waals surface area contributed by atoms with Crippen LogP contribution in [0.1, 0.15) is 22.3 Å².